The molecule has 1 heterocycles. The molecule has 2 aromatic rings. The van der Waals surface area contributed by atoms with E-state index in [1.807, 2.05) is 37.3 Å². The number of ketones is 1. The molecule has 134 valence electrons. The van der Waals surface area contributed by atoms with Crippen LogP contribution in [0.2, 0.25) is 0 Å². The van der Waals surface area contributed by atoms with Crippen LogP contribution in [-0.2, 0) is 14.3 Å². The first-order valence-electron chi connectivity index (χ1n) is 8.62. The Kier molecular flexibility index (Phi) is 5.16. The number of carbonyl (C=O) groups excluding carboxylic acids is 3. The van der Waals surface area contributed by atoms with Crippen LogP contribution in [0.1, 0.15) is 29.3 Å². The number of carbonyl (C=O) groups is 3. The SMILES string of the molecule is Cc1ccc(N2CC(C(=O)OC(C)C(=O)c3ccccc3)CC2=O)cc1. The molecule has 2 unspecified atom stereocenters. The Morgan fingerprint density at radius 3 is 2.38 bits per heavy atom. The lowest BCUT2D eigenvalue weighted by Gasteiger charge is -2.18. The van der Waals surface area contributed by atoms with E-state index in [0.29, 0.717) is 5.56 Å². The van der Waals surface area contributed by atoms with Crippen molar-refractivity contribution < 1.29 is 19.1 Å². The maximum absolute atomic E-state index is 12.4. The predicted molar refractivity (Wildman–Crippen MR) is 98.0 cm³/mol. The summed E-state index contributed by atoms with van der Waals surface area (Å²) < 4.78 is 5.33. The molecule has 1 aliphatic heterocycles. The molecule has 0 bridgehead atoms. The molecular formula is C21H21NO4. The van der Waals surface area contributed by atoms with Gasteiger partial charge in [0.15, 0.2) is 6.10 Å². The summed E-state index contributed by atoms with van der Waals surface area (Å²) in [5.41, 5.74) is 2.37. The highest BCUT2D eigenvalue weighted by Gasteiger charge is 2.37. The zero-order chi connectivity index (χ0) is 18.7. The van der Waals surface area contributed by atoms with Gasteiger partial charge in [0.25, 0.3) is 0 Å². The molecule has 0 aromatic heterocycles. The smallest absolute Gasteiger partial charge is 0.312 e. The second-order valence-electron chi connectivity index (χ2n) is 6.55. The van der Waals surface area contributed by atoms with E-state index in [2.05, 4.69) is 0 Å². The summed E-state index contributed by atoms with van der Waals surface area (Å²) in [6.45, 7) is 3.80. The standard InChI is InChI=1S/C21H21NO4/c1-14-8-10-18(11-9-14)22-13-17(12-19(22)23)21(25)26-15(2)20(24)16-6-4-3-5-7-16/h3-11,15,17H,12-13H2,1-2H3. The molecule has 5 heteroatoms. The van der Waals surface area contributed by atoms with E-state index in [9.17, 15) is 14.4 Å². The number of hydrogen-bond acceptors (Lipinski definition) is 4. The first-order chi connectivity index (χ1) is 12.5. The molecular weight excluding hydrogens is 330 g/mol. The van der Waals surface area contributed by atoms with Crippen molar-refractivity contribution in [3.05, 3.63) is 65.7 Å². The number of ether oxygens (including phenoxy) is 1. The van der Waals surface area contributed by atoms with Crippen molar-refractivity contribution in [2.75, 3.05) is 11.4 Å². The van der Waals surface area contributed by atoms with Crippen molar-refractivity contribution in [2.24, 2.45) is 5.92 Å². The number of aryl methyl sites for hydroxylation is 1. The number of rotatable bonds is 5. The minimum atomic E-state index is -0.881. The lowest BCUT2D eigenvalue weighted by Crippen LogP contribution is -2.30. The van der Waals surface area contributed by atoms with Gasteiger partial charge in [0.1, 0.15) is 0 Å². The van der Waals surface area contributed by atoms with Crippen LogP contribution in [0, 0.1) is 12.8 Å². The summed E-state index contributed by atoms with van der Waals surface area (Å²) >= 11 is 0. The van der Waals surface area contributed by atoms with Gasteiger partial charge in [-0.25, -0.2) is 0 Å². The van der Waals surface area contributed by atoms with Gasteiger partial charge in [-0.2, -0.15) is 0 Å². The van der Waals surface area contributed by atoms with Gasteiger partial charge in [-0.1, -0.05) is 48.0 Å². The summed E-state index contributed by atoms with van der Waals surface area (Å²) in [5.74, 6) is -1.43. The number of Topliss-reactive ketones (excluding diaryl/α,β-unsaturated/α-hetero) is 1. The Balaban J connectivity index is 1.63. The van der Waals surface area contributed by atoms with E-state index in [1.54, 1.807) is 36.1 Å². The highest BCUT2D eigenvalue weighted by molar-refractivity contribution is 6.02. The molecule has 0 spiro atoms. The molecule has 0 saturated carbocycles. The second kappa shape index (κ2) is 7.52. The number of nitrogens with zero attached hydrogens (tertiary/aromatic N) is 1. The van der Waals surface area contributed by atoms with Gasteiger partial charge >= 0.3 is 5.97 Å². The van der Waals surface area contributed by atoms with Crippen molar-refractivity contribution >= 4 is 23.3 Å². The van der Waals surface area contributed by atoms with E-state index in [1.165, 1.54) is 0 Å². The summed E-state index contributed by atoms with van der Waals surface area (Å²) in [7, 11) is 0. The molecule has 0 aliphatic carbocycles. The number of esters is 1. The first kappa shape index (κ1) is 17.9. The van der Waals surface area contributed by atoms with Crippen molar-refractivity contribution in [1.29, 1.82) is 0 Å². The third-order valence-corrected chi connectivity index (χ3v) is 4.52. The third-order valence-electron chi connectivity index (χ3n) is 4.52. The van der Waals surface area contributed by atoms with E-state index in [0.717, 1.165) is 11.3 Å². The van der Waals surface area contributed by atoms with Gasteiger partial charge in [-0.3, -0.25) is 14.4 Å². The normalized spacial score (nSPS) is 17.8. The van der Waals surface area contributed by atoms with Crippen LogP contribution in [-0.4, -0.2) is 30.3 Å². The number of anilines is 1. The average molecular weight is 351 g/mol. The van der Waals surface area contributed by atoms with Gasteiger partial charge in [0, 0.05) is 24.2 Å². The Morgan fingerprint density at radius 1 is 1.08 bits per heavy atom. The largest absolute Gasteiger partial charge is 0.454 e. The minimum absolute atomic E-state index is 0.0962. The van der Waals surface area contributed by atoms with Gasteiger partial charge in [0.05, 0.1) is 5.92 Å². The molecule has 0 N–H and O–H groups in total. The van der Waals surface area contributed by atoms with Crippen LogP contribution < -0.4 is 4.90 Å². The fourth-order valence-electron chi connectivity index (χ4n) is 3.00. The average Bonchev–Trinajstić information content (AvgIpc) is 3.04. The Bertz CT molecular complexity index is 814. The number of amides is 1. The summed E-state index contributed by atoms with van der Waals surface area (Å²) in [6.07, 6.45) is -0.785. The molecule has 1 fully saturated rings. The van der Waals surface area contributed by atoms with Crippen molar-refractivity contribution in [1.82, 2.24) is 0 Å². The molecule has 2 aromatic carbocycles. The molecule has 1 aliphatic rings. The maximum Gasteiger partial charge on any atom is 0.312 e. The van der Waals surface area contributed by atoms with E-state index in [-0.39, 0.29) is 24.7 Å². The lowest BCUT2D eigenvalue weighted by atomic mass is 10.1. The van der Waals surface area contributed by atoms with Crippen LogP contribution in [0.5, 0.6) is 0 Å². The molecule has 3 rings (SSSR count). The van der Waals surface area contributed by atoms with Gasteiger partial charge in [-0.05, 0) is 26.0 Å². The van der Waals surface area contributed by atoms with Crippen molar-refractivity contribution in [2.45, 2.75) is 26.4 Å². The first-order valence-corrected chi connectivity index (χ1v) is 8.62. The second-order valence-corrected chi connectivity index (χ2v) is 6.55. The fourth-order valence-corrected chi connectivity index (χ4v) is 3.00. The topological polar surface area (TPSA) is 63.7 Å². The molecule has 1 saturated heterocycles. The monoisotopic (exact) mass is 351 g/mol. The molecule has 0 radical (unpaired) electrons. The van der Waals surface area contributed by atoms with Gasteiger partial charge in [-0.15, -0.1) is 0 Å². The maximum atomic E-state index is 12.4. The molecule has 26 heavy (non-hydrogen) atoms. The van der Waals surface area contributed by atoms with E-state index < -0.39 is 18.0 Å². The van der Waals surface area contributed by atoms with Gasteiger partial charge in [0.2, 0.25) is 11.7 Å². The Labute approximate surface area is 152 Å². The lowest BCUT2D eigenvalue weighted by molar-refractivity contribution is -0.151. The van der Waals surface area contributed by atoms with Crippen LogP contribution in [0.15, 0.2) is 54.6 Å². The summed E-state index contributed by atoms with van der Waals surface area (Å²) in [5, 5.41) is 0. The van der Waals surface area contributed by atoms with Crippen LogP contribution >= 0.6 is 0 Å². The zero-order valence-electron chi connectivity index (χ0n) is 14.8. The van der Waals surface area contributed by atoms with Gasteiger partial charge < -0.3 is 9.64 Å². The van der Waals surface area contributed by atoms with Crippen LogP contribution in [0.4, 0.5) is 5.69 Å². The molecule has 2 atom stereocenters. The van der Waals surface area contributed by atoms with Crippen molar-refractivity contribution in [3.8, 4) is 0 Å². The van der Waals surface area contributed by atoms with Crippen LogP contribution in [0.3, 0.4) is 0 Å². The zero-order valence-corrected chi connectivity index (χ0v) is 14.8. The quantitative estimate of drug-likeness (QED) is 0.613. The van der Waals surface area contributed by atoms with Crippen molar-refractivity contribution in [3.63, 3.8) is 0 Å². The van der Waals surface area contributed by atoms with E-state index >= 15 is 0 Å². The molecule has 1 amide bonds. The third kappa shape index (κ3) is 3.82. The number of benzene rings is 2. The molecule has 5 nitrogen and oxygen atoms in total. The van der Waals surface area contributed by atoms with E-state index in [4.69, 9.17) is 4.74 Å². The predicted octanol–water partition coefficient (Wildman–Crippen LogP) is 3.16. The minimum Gasteiger partial charge on any atom is -0.454 e. The number of hydrogen-bond donors (Lipinski definition) is 0. The highest BCUT2D eigenvalue weighted by Crippen LogP contribution is 2.26. The Hall–Kier alpha value is -2.95. The van der Waals surface area contributed by atoms with Crippen LogP contribution in [0.25, 0.3) is 0 Å². The fraction of sp³-hybridized carbons (Fsp3) is 0.286. The Morgan fingerprint density at radius 2 is 1.73 bits per heavy atom. The summed E-state index contributed by atoms with van der Waals surface area (Å²) in [6, 6.07) is 16.3. The summed E-state index contributed by atoms with van der Waals surface area (Å²) in [4.78, 5) is 38.6. The highest BCUT2D eigenvalue weighted by atomic mass is 16.5.